The molecule has 1 unspecified atom stereocenters. The first kappa shape index (κ1) is 32.7. The van der Waals surface area contributed by atoms with Gasteiger partial charge in [-0.15, -0.1) is 0 Å². The summed E-state index contributed by atoms with van der Waals surface area (Å²) >= 11 is 6.13. The highest BCUT2D eigenvalue weighted by molar-refractivity contribution is 7.91. The van der Waals surface area contributed by atoms with Crippen LogP contribution in [0.15, 0.2) is 101 Å². The summed E-state index contributed by atoms with van der Waals surface area (Å²) in [5, 5.41) is 11.6. The van der Waals surface area contributed by atoms with Crippen LogP contribution in [0.4, 0.5) is 4.79 Å². The average Bonchev–Trinajstić information content (AvgIpc) is 2.97. The minimum Gasteiger partial charge on any atom is -0.442 e. The van der Waals surface area contributed by atoms with Crippen LogP contribution in [0.5, 0.6) is 11.6 Å². The molecular formula is C33H33ClN2O7S. The number of benzene rings is 3. The molecule has 0 fully saturated rings. The molecule has 0 saturated heterocycles. The van der Waals surface area contributed by atoms with E-state index in [0.29, 0.717) is 28.2 Å². The molecule has 9 nitrogen and oxygen atoms in total. The van der Waals surface area contributed by atoms with Crippen molar-refractivity contribution in [3.05, 3.63) is 113 Å². The molecule has 0 bridgehead atoms. The van der Waals surface area contributed by atoms with Crippen LogP contribution in [-0.2, 0) is 21.0 Å². The van der Waals surface area contributed by atoms with Crippen molar-refractivity contribution in [2.75, 3.05) is 0 Å². The lowest BCUT2D eigenvalue weighted by Gasteiger charge is -2.45. The first-order valence-corrected chi connectivity index (χ1v) is 15.5. The topological polar surface area (TPSA) is 146 Å². The summed E-state index contributed by atoms with van der Waals surface area (Å²) < 4.78 is 38.2. The summed E-state index contributed by atoms with van der Waals surface area (Å²) in [5.74, 6) is 0.425. The fourth-order valence-corrected chi connectivity index (χ4v) is 6.30. The number of nitrogens with zero attached hydrogens (tertiary/aromatic N) is 1. The van der Waals surface area contributed by atoms with Gasteiger partial charge in [-0.05, 0) is 71.8 Å². The van der Waals surface area contributed by atoms with Gasteiger partial charge in [-0.25, -0.2) is 18.2 Å². The van der Waals surface area contributed by atoms with Crippen LogP contribution < -0.4 is 10.5 Å². The third-order valence-electron chi connectivity index (χ3n) is 7.42. The summed E-state index contributed by atoms with van der Waals surface area (Å²) in [6.45, 7) is 5.63. The van der Waals surface area contributed by atoms with Crippen molar-refractivity contribution >= 4 is 33.8 Å². The highest BCUT2D eigenvalue weighted by Gasteiger charge is 2.47. The predicted octanol–water partition coefficient (Wildman–Crippen LogP) is 6.72. The smallest absolute Gasteiger partial charge is 0.405 e. The maximum absolute atomic E-state index is 13.4. The highest BCUT2D eigenvalue weighted by Crippen LogP contribution is 2.43. The molecule has 230 valence electrons. The second-order valence-electron chi connectivity index (χ2n) is 11.4. The van der Waals surface area contributed by atoms with E-state index in [1.807, 2.05) is 20.8 Å². The number of carbonyl (C=O) groups excluding carboxylic acids is 2. The van der Waals surface area contributed by atoms with E-state index in [1.54, 1.807) is 48.5 Å². The maximum atomic E-state index is 13.4. The molecule has 3 aromatic carbocycles. The Bertz CT molecular complexity index is 1740. The van der Waals surface area contributed by atoms with Gasteiger partial charge in [0.1, 0.15) is 11.4 Å². The Morgan fingerprint density at radius 1 is 1.00 bits per heavy atom. The standard InChI is InChI=1S/C33H33ClN2O7S/c1-32(2,3)33(43-31(35)39,20-29(38)23-6-4-8-25(34)18-23)19-22-9-13-27(14-10-22)44(40,41)28-15-11-26(12-16-28)42-30-24(21-37)7-5-17-36-30/h4-18,21,29,38H,19-20H2,1-3H3,(H2,35,39)/t29-,33?/m1/s1. The lowest BCUT2D eigenvalue weighted by Crippen LogP contribution is -2.51. The van der Waals surface area contributed by atoms with Crippen LogP contribution in [0, 0.1) is 5.41 Å². The third-order valence-corrected chi connectivity index (χ3v) is 9.44. The van der Waals surface area contributed by atoms with E-state index in [1.165, 1.54) is 42.6 Å². The highest BCUT2D eigenvalue weighted by atomic mass is 35.5. The second-order valence-corrected chi connectivity index (χ2v) is 13.7. The van der Waals surface area contributed by atoms with Gasteiger partial charge in [-0.3, -0.25) is 4.79 Å². The number of amides is 1. The number of aliphatic hydroxyl groups is 1. The summed E-state index contributed by atoms with van der Waals surface area (Å²) in [6.07, 6.45) is 0.257. The van der Waals surface area contributed by atoms with E-state index in [9.17, 15) is 23.1 Å². The zero-order valence-electron chi connectivity index (χ0n) is 24.4. The summed E-state index contributed by atoms with van der Waals surface area (Å²) in [6, 6.07) is 22.0. The summed E-state index contributed by atoms with van der Waals surface area (Å²) in [5.41, 5.74) is 5.06. The fraction of sp³-hybridized carbons (Fsp3) is 0.242. The third kappa shape index (κ3) is 7.45. The number of ether oxygens (including phenoxy) is 2. The summed E-state index contributed by atoms with van der Waals surface area (Å²) in [4.78, 5) is 27.5. The van der Waals surface area contributed by atoms with Gasteiger partial charge in [0.25, 0.3) is 0 Å². The molecule has 1 amide bonds. The largest absolute Gasteiger partial charge is 0.442 e. The summed E-state index contributed by atoms with van der Waals surface area (Å²) in [7, 11) is -3.89. The number of halogens is 1. The van der Waals surface area contributed by atoms with Crippen LogP contribution in [0.1, 0.15) is 54.8 Å². The van der Waals surface area contributed by atoms with Gasteiger partial charge in [-0.2, -0.15) is 0 Å². The molecule has 0 aliphatic carbocycles. The molecule has 1 aromatic heterocycles. The molecule has 11 heteroatoms. The number of hydrogen-bond acceptors (Lipinski definition) is 8. The van der Waals surface area contributed by atoms with Crippen molar-refractivity contribution in [1.29, 1.82) is 0 Å². The van der Waals surface area contributed by atoms with Gasteiger partial charge in [0.2, 0.25) is 15.7 Å². The van der Waals surface area contributed by atoms with Crippen molar-refractivity contribution in [2.45, 2.75) is 55.1 Å². The average molecular weight is 637 g/mol. The molecule has 1 heterocycles. The Kier molecular flexibility index (Phi) is 9.78. The molecule has 0 aliphatic rings. The molecule has 0 radical (unpaired) electrons. The van der Waals surface area contributed by atoms with E-state index in [0.717, 1.165) is 0 Å². The number of nitrogens with two attached hydrogens (primary N) is 1. The minimum atomic E-state index is -3.89. The van der Waals surface area contributed by atoms with Crippen LogP contribution in [0.2, 0.25) is 5.02 Å². The number of carbonyl (C=O) groups is 2. The minimum absolute atomic E-state index is 0.0150. The van der Waals surface area contributed by atoms with Crippen molar-refractivity contribution in [2.24, 2.45) is 11.1 Å². The molecule has 3 N–H and O–H groups in total. The molecular weight excluding hydrogens is 604 g/mol. The number of primary amides is 1. The monoisotopic (exact) mass is 636 g/mol. The van der Waals surface area contributed by atoms with Crippen LogP contribution in [-0.4, -0.2) is 36.5 Å². The zero-order chi connectivity index (χ0) is 32.1. The van der Waals surface area contributed by atoms with Gasteiger partial charge in [0.05, 0.1) is 21.5 Å². The molecule has 0 aliphatic heterocycles. The van der Waals surface area contributed by atoms with E-state index in [-0.39, 0.29) is 34.1 Å². The Morgan fingerprint density at radius 3 is 2.20 bits per heavy atom. The van der Waals surface area contributed by atoms with E-state index >= 15 is 0 Å². The number of hydrogen-bond donors (Lipinski definition) is 2. The normalized spacial score (nSPS) is 13.8. The van der Waals surface area contributed by atoms with Crippen LogP contribution in [0.3, 0.4) is 0 Å². The lowest BCUT2D eigenvalue weighted by atomic mass is 9.69. The fourth-order valence-electron chi connectivity index (χ4n) is 4.84. The quantitative estimate of drug-likeness (QED) is 0.173. The van der Waals surface area contributed by atoms with Crippen molar-refractivity contribution in [3.8, 4) is 11.6 Å². The molecule has 44 heavy (non-hydrogen) atoms. The van der Waals surface area contributed by atoms with Crippen molar-refractivity contribution < 1.29 is 32.6 Å². The first-order valence-electron chi connectivity index (χ1n) is 13.7. The van der Waals surface area contributed by atoms with Crippen molar-refractivity contribution in [1.82, 2.24) is 4.98 Å². The van der Waals surface area contributed by atoms with Gasteiger partial charge in [0.15, 0.2) is 6.29 Å². The van der Waals surface area contributed by atoms with Crippen LogP contribution in [0.25, 0.3) is 0 Å². The second kappa shape index (κ2) is 13.2. The van der Waals surface area contributed by atoms with E-state index in [4.69, 9.17) is 26.8 Å². The zero-order valence-corrected chi connectivity index (χ0v) is 26.0. The number of aldehydes is 1. The SMILES string of the molecule is CC(C)(C)C(Cc1ccc(S(=O)(=O)c2ccc(Oc3ncccc3C=O)cc2)cc1)(C[C@@H](O)c1cccc(Cl)c1)OC(N)=O. The van der Waals surface area contributed by atoms with Gasteiger partial charge >= 0.3 is 6.09 Å². The Morgan fingerprint density at radius 2 is 1.64 bits per heavy atom. The molecule has 0 saturated carbocycles. The molecule has 4 rings (SSSR count). The number of sulfone groups is 1. The predicted molar refractivity (Wildman–Crippen MR) is 166 cm³/mol. The Labute approximate surface area is 261 Å². The number of aliphatic hydroxyl groups excluding tert-OH is 1. The van der Waals surface area contributed by atoms with Crippen molar-refractivity contribution in [3.63, 3.8) is 0 Å². The Balaban J connectivity index is 1.58. The molecule has 0 spiro atoms. The van der Waals surface area contributed by atoms with Crippen LogP contribution >= 0.6 is 11.6 Å². The van der Waals surface area contributed by atoms with E-state index in [2.05, 4.69) is 4.98 Å². The van der Waals surface area contributed by atoms with Gasteiger partial charge < -0.3 is 20.3 Å². The van der Waals surface area contributed by atoms with Gasteiger partial charge in [-0.1, -0.05) is 56.6 Å². The molecule has 2 atom stereocenters. The molecule has 4 aromatic rings. The first-order chi connectivity index (χ1) is 20.7. The number of aromatic nitrogens is 1. The Hall–Kier alpha value is -4.25. The lowest BCUT2D eigenvalue weighted by molar-refractivity contribution is -0.0931. The number of pyridine rings is 1. The maximum Gasteiger partial charge on any atom is 0.405 e. The number of rotatable bonds is 11. The van der Waals surface area contributed by atoms with Gasteiger partial charge in [0, 0.05) is 29.5 Å². The van der Waals surface area contributed by atoms with E-state index < -0.39 is 33.1 Å².